The molecule has 2 saturated heterocycles. The minimum Gasteiger partial charge on any atom is -0.488 e. The standard InChI is InChI=1S/C29H31N5O3/c30-19-21-2-1-3-24(28(21)37-23-9-14-35-15-10-23)26-8-11-31-29(33-26)32-22-6-7-27(25(18-22)20-4-5-20)34-12-16-36-17-13-34/h1-3,6-8,11,18,20,23H,4-5,9-10,12-17H2,(H,31,32,33). The third-order valence-electron chi connectivity index (χ3n) is 7.17. The van der Waals surface area contributed by atoms with Crippen LogP contribution in [0.1, 0.15) is 42.7 Å². The second kappa shape index (κ2) is 10.8. The predicted octanol–water partition coefficient (Wildman–Crippen LogP) is 5.03. The Balaban J connectivity index is 1.27. The van der Waals surface area contributed by atoms with Crippen LogP contribution in [0.5, 0.6) is 5.75 Å². The van der Waals surface area contributed by atoms with E-state index in [0.717, 1.165) is 50.4 Å². The molecule has 0 radical (unpaired) electrons. The minimum atomic E-state index is 0.0206. The maximum absolute atomic E-state index is 9.75. The van der Waals surface area contributed by atoms with Crippen LogP contribution in [0.4, 0.5) is 17.3 Å². The average molecular weight is 498 g/mol. The first-order valence-electron chi connectivity index (χ1n) is 13.1. The van der Waals surface area contributed by atoms with E-state index in [4.69, 9.17) is 19.2 Å². The smallest absolute Gasteiger partial charge is 0.227 e. The van der Waals surface area contributed by atoms with Gasteiger partial charge in [-0.2, -0.15) is 5.26 Å². The molecule has 1 N–H and O–H groups in total. The van der Waals surface area contributed by atoms with Crippen LogP contribution in [-0.2, 0) is 9.47 Å². The van der Waals surface area contributed by atoms with Crippen molar-refractivity contribution in [2.75, 3.05) is 49.7 Å². The lowest BCUT2D eigenvalue weighted by atomic mass is 10.1. The highest BCUT2D eigenvalue weighted by molar-refractivity contribution is 5.72. The van der Waals surface area contributed by atoms with Gasteiger partial charge in [0, 0.05) is 49.1 Å². The van der Waals surface area contributed by atoms with Crippen molar-refractivity contribution in [3.63, 3.8) is 0 Å². The van der Waals surface area contributed by atoms with E-state index in [-0.39, 0.29) is 6.10 Å². The SMILES string of the molecule is N#Cc1cccc(-c2ccnc(Nc3ccc(N4CCOCC4)c(C4CC4)c3)n2)c1OC1CCOCC1. The number of nitriles is 1. The number of nitrogens with one attached hydrogen (secondary N) is 1. The summed E-state index contributed by atoms with van der Waals surface area (Å²) in [6, 6.07) is 16.3. The quantitative estimate of drug-likeness (QED) is 0.486. The molecule has 1 saturated carbocycles. The van der Waals surface area contributed by atoms with Gasteiger partial charge in [-0.1, -0.05) is 6.07 Å². The number of aromatic nitrogens is 2. The molecule has 1 aromatic heterocycles. The van der Waals surface area contributed by atoms with Crippen LogP contribution in [0.2, 0.25) is 0 Å². The van der Waals surface area contributed by atoms with Gasteiger partial charge in [0.1, 0.15) is 17.9 Å². The first kappa shape index (κ1) is 23.7. The molecule has 0 amide bonds. The summed E-state index contributed by atoms with van der Waals surface area (Å²) in [5.41, 5.74) is 5.68. The van der Waals surface area contributed by atoms with E-state index in [0.29, 0.717) is 42.1 Å². The molecule has 8 nitrogen and oxygen atoms in total. The fourth-order valence-electron chi connectivity index (χ4n) is 5.06. The van der Waals surface area contributed by atoms with Crippen LogP contribution in [0, 0.1) is 11.3 Å². The van der Waals surface area contributed by atoms with Gasteiger partial charge >= 0.3 is 0 Å². The monoisotopic (exact) mass is 497 g/mol. The molecule has 37 heavy (non-hydrogen) atoms. The Labute approximate surface area is 217 Å². The van der Waals surface area contributed by atoms with Gasteiger partial charge in [0.25, 0.3) is 0 Å². The highest BCUT2D eigenvalue weighted by Crippen LogP contribution is 2.45. The van der Waals surface area contributed by atoms with Gasteiger partial charge in [-0.3, -0.25) is 0 Å². The number of nitrogens with zero attached hydrogens (tertiary/aromatic N) is 4. The molecule has 2 aromatic carbocycles. The number of morpholine rings is 1. The summed E-state index contributed by atoms with van der Waals surface area (Å²) >= 11 is 0. The highest BCUT2D eigenvalue weighted by Gasteiger charge is 2.29. The maximum Gasteiger partial charge on any atom is 0.227 e. The Morgan fingerprint density at radius 2 is 1.78 bits per heavy atom. The number of anilines is 3. The highest BCUT2D eigenvalue weighted by atomic mass is 16.5. The minimum absolute atomic E-state index is 0.0206. The van der Waals surface area contributed by atoms with E-state index >= 15 is 0 Å². The van der Waals surface area contributed by atoms with Crippen LogP contribution in [0.25, 0.3) is 11.3 Å². The summed E-state index contributed by atoms with van der Waals surface area (Å²) in [5, 5.41) is 13.2. The molecular formula is C29H31N5O3. The molecule has 6 rings (SSSR count). The fourth-order valence-corrected chi connectivity index (χ4v) is 5.06. The Morgan fingerprint density at radius 3 is 2.57 bits per heavy atom. The van der Waals surface area contributed by atoms with Crippen molar-refractivity contribution in [2.45, 2.75) is 37.7 Å². The molecule has 1 aliphatic carbocycles. The number of benzene rings is 2. The summed E-state index contributed by atoms with van der Waals surface area (Å²) in [6.07, 6.45) is 5.84. The molecule has 0 bridgehead atoms. The van der Waals surface area contributed by atoms with Crippen molar-refractivity contribution < 1.29 is 14.2 Å². The van der Waals surface area contributed by atoms with E-state index in [1.165, 1.54) is 24.1 Å². The van der Waals surface area contributed by atoms with Crippen molar-refractivity contribution in [3.05, 3.63) is 59.8 Å². The van der Waals surface area contributed by atoms with E-state index in [1.807, 2.05) is 18.2 Å². The molecule has 0 atom stereocenters. The first-order chi connectivity index (χ1) is 18.3. The molecule has 8 heteroatoms. The van der Waals surface area contributed by atoms with Crippen molar-refractivity contribution in [2.24, 2.45) is 0 Å². The van der Waals surface area contributed by atoms with Crippen molar-refractivity contribution in [1.29, 1.82) is 5.26 Å². The van der Waals surface area contributed by atoms with Gasteiger partial charge in [-0.25, -0.2) is 9.97 Å². The maximum atomic E-state index is 9.75. The fraction of sp³-hybridized carbons (Fsp3) is 0.414. The number of ether oxygens (including phenoxy) is 3. The van der Waals surface area contributed by atoms with Gasteiger partial charge < -0.3 is 24.4 Å². The number of rotatable bonds is 7. The zero-order chi connectivity index (χ0) is 25.0. The normalized spacial score (nSPS) is 18.3. The largest absolute Gasteiger partial charge is 0.488 e. The molecule has 0 spiro atoms. The lowest BCUT2D eigenvalue weighted by molar-refractivity contribution is 0.0257. The average Bonchev–Trinajstić information content (AvgIpc) is 3.80. The van der Waals surface area contributed by atoms with Gasteiger partial charge in [-0.05, 0) is 60.7 Å². The molecule has 3 fully saturated rings. The molecule has 3 heterocycles. The van der Waals surface area contributed by atoms with Gasteiger partial charge in [0.2, 0.25) is 5.95 Å². The molecule has 190 valence electrons. The summed E-state index contributed by atoms with van der Waals surface area (Å²) in [4.78, 5) is 11.7. The van der Waals surface area contributed by atoms with Crippen LogP contribution >= 0.6 is 0 Å². The van der Waals surface area contributed by atoms with Crippen molar-refractivity contribution >= 4 is 17.3 Å². The Hall–Kier alpha value is -3.67. The van der Waals surface area contributed by atoms with E-state index < -0.39 is 0 Å². The summed E-state index contributed by atoms with van der Waals surface area (Å²) < 4.78 is 17.4. The van der Waals surface area contributed by atoms with Crippen LogP contribution in [-0.4, -0.2) is 55.6 Å². The van der Waals surface area contributed by atoms with Gasteiger partial charge in [0.05, 0.1) is 37.7 Å². The van der Waals surface area contributed by atoms with E-state index in [2.05, 4.69) is 39.5 Å². The summed E-state index contributed by atoms with van der Waals surface area (Å²) in [6.45, 7) is 4.75. The van der Waals surface area contributed by atoms with Gasteiger partial charge in [0.15, 0.2) is 0 Å². The Morgan fingerprint density at radius 1 is 0.973 bits per heavy atom. The second-order valence-corrected chi connectivity index (χ2v) is 9.76. The third kappa shape index (κ3) is 5.38. The Bertz CT molecular complexity index is 1290. The van der Waals surface area contributed by atoms with Crippen molar-refractivity contribution in [3.8, 4) is 23.1 Å². The molecule has 3 aliphatic rings. The van der Waals surface area contributed by atoms with Crippen LogP contribution in [0.15, 0.2) is 48.7 Å². The van der Waals surface area contributed by atoms with E-state index in [1.54, 1.807) is 12.3 Å². The molecule has 2 aliphatic heterocycles. The van der Waals surface area contributed by atoms with E-state index in [9.17, 15) is 5.26 Å². The van der Waals surface area contributed by atoms with Crippen LogP contribution in [0.3, 0.4) is 0 Å². The predicted molar refractivity (Wildman–Crippen MR) is 141 cm³/mol. The molecule has 3 aromatic rings. The topological polar surface area (TPSA) is 92.5 Å². The van der Waals surface area contributed by atoms with Crippen LogP contribution < -0.4 is 15.0 Å². The summed E-state index contributed by atoms with van der Waals surface area (Å²) in [5.74, 6) is 1.70. The zero-order valence-corrected chi connectivity index (χ0v) is 20.9. The lowest BCUT2D eigenvalue weighted by Gasteiger charge is -2.31. The summed E-state index contributed by atoms with van der Waals surface area (Å²) in [7, 11) is 0. The number of para-hydroxylation sites is 1. The number of hydrogen-bond donors (Lipinski definition) is 1. The first-order valence-corrected chi connectivity index (χ1v) is 13.1. The molecular weight excluding hydrogens is 466 g/mol. The van der Waals surface area contributed by atoms with Crippen molar-refractivity contribution in [1.82, 2.24) is 9.97 Å². The second-order valence-electron chi connectivity index (χ2n) is 9.76. The zero-order valence-electron chi connectivity index (χ0n) is 20.9. The lowest BCUT2D eigenvalue weighted by Crippen LogP contribution is -2.36. The number of hydrogen-bond acceptors (Lipinski definition) is 8. The third-order valence-corrected chi connectivity index (χ3v) is 7.17. The molecule has 0 unspecified atom stereocenters. The Kier molecular flexibility index (Phi) is 6.89. The van der Waals surface area contributed by atoms with Gasteiger partial charge in [-0.15, -0.1) is 0 Å².